The van der Waals surface area contributed by atoms with Gasteiger partial charge in [-0.1, -0.05) is 17.7 Å². The summed E-state index contributed by atoms with van der Waals surface area (Å²) in [4.78, 5) is 5.84. The molecule has 6 nitrogen and oxygen atoms in total. The van der Waals surface area contributed by atoms with E-state index in [-0.39, 0.29) is 16.8 Å². The Labute approximate surface area is 173 Å². The second-order valence-electron chi connectivity index (χ2n) is 7.45. The van der Waals surface area contributed by atoms with E-state index in [0.717, 1.165) is 24.0 Å². The van der Waals surface area contributed by atoms with Crippen LogP contribution < -0.4 is 0 Å². The predicted octanol–water partition coefficient (Wildman–Crippen LogP) is 3.38. The highest BCUT2D eigenvalue weighted by Crippen LogP contribution is 2.23. The number of benzene rings is 1. The van der Waals surface area contributed by atoms with Gasteiger partial charge in [-0.2, -0.15) is 4.31 Å². The first-order chi connectivity index (χ1) is 13.7. The lowest BCUT2D eigenvalue weighted by Crippen LogP contribution is -2.47. The lowest BCUT2D eigenvalue weighted by molar-refractivity contribution is 0.190. The van der Waals surface area contributed by atoms with E-state index in [9.17, 15) is 12.8 Å². The van der Waals surface area contributed by atoms with E-state index in [1.165, 1.54) is 13.2 Å². The maximum absolute atomic E-state index is 14.0. The van der Waals surface area contributed by atoms with Crippen molar-refractivity contribution < 1.29 is 17.5 Å². The van der Waals surface area contributed by atoms with Crippen molar-refractivity contribution in [1.82, 2.24) is 9.21 Å². The third-order valence-electron chi connectivity index (χ3n) is 5.05. The van der Waals surface area contributed by atoms with Crippen molar-refractivity contribution in [2.75, 3.05) is 34.3 Å². The van der Waals surface area contributed by atoms with Crippen LogP contribution >= 0.6 is 0 Å². The number of nitrogens with zero attached hydrogens (tertiary/aromatic N) is 3. The van der Waals surface area contributed by atoms with E-state index >= 15 is 0 Å². The molecule has 1 saturated heterocycles. The number of likely N-dealkylation sites (N-methyl/N-ethyl adjacent to an activating group) is 1. The minimum atomic E-state index is -3.52. The normalized spacial score (nSPS) is 19.8. The highest BCUT2D eigenvalue weighted by atomic mass is 32.2. The summed E-state index contributed by atoms with van der Waals surface area (Å²) in [6.45, 7) is 6.10. The van der Waals surface area contributed by atoms with Crippen LogP contribution in [0, 0.1) is 0 Å². The number of piperidine rings is 1. The van der Waals surface area contributed by atoms with Gasteiger partial charge < -0.3 is 9.64 Å². The van der Waals surface area contributed by atoms with Crippen molar-refractivity contribution in [2.24, 2.45) is 4.99 Å². The monoisotopic (exact) mass is 423 g/mol. The minimum Gasteiger partial charge on any atom is -0.479 e. The zero-order valence-corrected chi connectivity index (χ0v) is 18.4. The Kier molecular flexibility index (Phi) is 8.13. The number of hydrogen-bond donors (Lipinski definition) is 0. The summed E-state index contributed by atoms with van der Waals surface area (Å²) in [7, 11) is 1.76. The summed E-state index contributed by atoms with van der Waals surface area (Å²) < 4.78 is 46.3. The molecule has 1 fully saturated rings. The molecule has 29 heavy (non-hydrogen) atoms. The minimum absolute atomic E-state index is 0.164. The number of methoxy groups -OCH3 is 1. The maximum atomic E-state index is 14.0. The van der Waals surface area contributed by atoms with Gasteiger partial charge in [0.05, 0.1) is 12.0 Å². The van der Waals surface area contributed by atoms with Crippen LogP contribution in [0.2, 0.25) is 0 Å². The maximum Gasteiger partial charge on any atom is 0.249 e. The molecule has 2 rings (SSSR count). The molecular formula is C21H30FN3O3S. The van der Waals surface area contributed by atoms with Gasteiger partial charge in [0.15, 0.2) is 5.83 Å². The molecular weight excluding hydrogens is 393 g/mol. The van der Waals surface area contributed by atoms with Crippen LogP contribution in [0.5, 0.6) is 0 Å². The SMILES string of the molecule is C=N/C(OC)=C(F)\C=C(/C)Cc1ccc(S(=O)(=O)N2CCCC(N(C)C)C2)cc1. The number of allylic oxidation sites excluding steroid dienone is 3. The third-order valence-corrected chi connectivity index (χ3v) is 6.93. The Morgan fingerprint density at radius 2 is 2.03 bits per heavy atom. The van der Waals surface area contributed by atoms with E-state index < -0.39 is 15.9 Å². The van der Waals surface area contributed by atoms with Gasteiger partial charge in [-0.15, -0.1) is 0 Å². The van der Waals surface area contributed by atoms with Crippen LogP contribution in [0.3, 0.4) is 0 Å². The van der Waals surface area contributed by atoms with Crippen LogP contribution in [0.25, 0.3) is 0 Å². The topological polar surface area (TPSA) is 62.2 Å². The molecule has 0 N–H and O–H groups in total. The molecule has 0 aromatic heterocycles. The fourth-order valence-electron chi connectivity index (χ4n) is 3.38. The van der Waals surface area contributed by atoms with Crippen molar-refractivity contribution in [2.45, 2.75) is 37.1 Å². The summed E-state index contributed by atoms with van der Waals surface area (Å²) in [6, 6.07) is 7.00. The van der Waals surface area contributed by atoms with Gasteiger partial charge in [0.2, 0.25) is 15.9 Å². The molecule has 1 aliphatic heterocycles. The van der Waals surface area contributed by atoms with Crippen molar-refractivity contribution in [3.05, 3.63) is 53.2 Å². The lowest BCUT2D eigenvalue weighted by atomic mass is 10.1. The molecule has 1 atom stereocenters. The molecule has 0 spiro atoms. The van der Waals surface area contributed by atoms with Crippen LogP contribution in [0.1, 0.15) is 25.3 Å². The first-order valence-electron chi connectivity index (χ1n) is 9.52. The molecule has 1 aromatic carbocycles. The van der Waals surface area contributed by atoms with Crippen LogP contribution in [-0.4, -0.2) is 64.7 Å². The molecule has 1 heterocycles. The molecule has 160 valence electrons. The number of aliphatic imine (C=N–C) groups is 1. The smallest absolute Gasteiger partial charge is 0.249 e. The second-order valence-corrected chi connectivity index (χ2v) is 9.39. The van der Waals surface area contributed by atoms with Gasteiger partial charge in [0, 0.05) is 19.1 Å². The van der Waals surface area contributed by atoms with E-state index in [4.69, 9.17) is 4.74 Å². The van der Waals surface area contributed by atoms with Crippen LogP contribution in [-0.2, 0) is 21.2 Å². The number of ether oxygens (including phenoxy) is 1. The Hall–Kier alpha value is -2.03. The average Bonchev–Trinajstić information content (AvgIpc) is 2.69. The molecule has 0 radical (unpaired) electrons. The first-order valence-corrected chi connectivity index (χ1v) is 11.0. The second kappa shape index (κ2) is 10.1. The summed E-state index contributed by atoms with van der Waals surface area (Å²) in [6.07, 6.45) is 3.68. The summed E-state index contributed by atoms with van der Waals surface area (Å²) >= 11 is 0. The fourth-order valence-corrected chi connectivity index (χ4v) is 4.89. The standard InChI is InChI=1S/C21H30FN3O3S/c1-16(14-20(22)21(23-2)28-5)13-17-8-10-19(11-9-17)29(26,27)25-12-6-7-18(15-25)24(3)4/h8-11,14,18H,2,6-7,12-13,15H2,1,3-5H3/b16-14+,21-20-. The molecule has 1 unspecified atom stereocenters. The number of halogens is 1. The molecule has 8 heteroatoms. The van der Waals surface area contributed by atoms with Crippen molar-refractivity contribution in [1.29, 1.82) is 0 Å². The zero-order valence-electron chi connectivity index (χ0n) is 17.6. The fraction of sp³-hybridized carbons (Fsp3) is 0.476. The van der Waals surface area contributed by atoms with Gasteiger partial charge in [-0.25, -0.2) is 17.8 Å². The number of rotatable bonds is 8. The van der Waals surface area contributed by atoms with Gasteiger partial charge >= 0.3 is 0 Å². The van der Waals surface area contributed by atoms with Crippen molar-refractivity contribution >= 4 is 16.7 Å². The van der Waals surface area contributed by atoms with E-state index in [1.807, 2.05) is 14.1 Å². The quantitative estimate of drug-likeness (QED) is 0.365. The largest absolute Gasteiger partial charge is 0.479 e. The zero-order chi connectivity index (χ0) is 21.6. The molecule has 0 saturated carbocycles. The van der Waals surface area contributed by atoms with E-state index in [0.29, 0.717) is 19.5 Å². The number of sulfonamides is 1. The van der Waals surface area contributed by atoms with Gasteiger partial charge in [-0.05, 0) is 70.8 Å². The highest BCUT2D eigenvalue weighted by molar-refractivity contribution is 7.89. The van der Waals surface area contributed by atoms with Gasteiger partial charge in [0.1, 0.15) is 0 Å². The molecule has 0 amide bonds. The van der Waals surface area contributed by atoms with Gasteiger partial charge in [0.25, 0.3) is 0 Å². The average molecular weight is 424 g/mol. The Bertz CT molecular complexity index is 877. The molecule has 1 aliphatic rings. The Balaban J connectivity index is 2.13. The Morgan fingerprint density at radius 1 is 1.38 bits per heavy atom. The summed E-state index contributed by atoms with van der Waals surface area (Å²) in [5.41, 5.74) is 1.64. The van der Waals surface area contributed by atoms with Crippen LogP contribution in [0.4, 0.5) is 4.39 Å². The summed E-state index contributed by atoms with van der Waals surface area (Å²) in [5, 5.41) is 0. The van der Waals surface area contributed by atoms with E-state index in [1.54, 1.807) is 35.5 Å². The third kappa shape index (κ3) is 5.98. The lowest BCUT2D eigenvalue weighted by Gasteiger charge is -2.35. The number of hydrogen-bond acceptors (Lipinski definition) is 5. The van der Waals surface area contributed by atoms with Crippen molar-refractivity contribution in [3.63, 3.8) is 0 Å². The van der Waals surface area contributed by atoms with Gasteiger partial charge in [-0.3, -0.25) is 0 Å². The predicted molar refractivity (Wildman–Crippen MR) is 114 cm³/mol. The molecule has 1 aromatic rings. The first kappa shape index (κ1) is 23.3. The van der Waals surface area contributed by atoms with Crippen LogP contribution in [0.15, 0.2) is 57.5 Å². The molecule has 0 aliphatic carbocycles. The highest BCUT2D eigenvalue weighted by Gasteiger charge is 2.30. The van der Waals surface area contributed by atoms with Crippen molar-refractivity contribution in [3.8, 4) is 0 Å². The molecule has 0 bridgehead atoms. The van der Waals surface area contributed by atoms with E-state index in [2.05, 4.69) is 16.6 Å². The summed E-state index contributed by atoms with van der Waals surface area (Å²) in [5.74, 6) is -0.761. The Morgan fingerprint density at radius 3 is 2.59 bits per heavy atom.